The second-order valence-corrected chi connectivity index (χ2v) is 8.05. The molecule has 3 heterocycles. The van der Waals surface area contributed by atoms with Gasteiger partial charge in [-0.15, -0.1) is 0 Å². The minimum Gasteiger partial charge on any atom is -0.382 e. The maximum atomic E-state index is 13.6. The Balaban J connectivity index is 1.33. The highest BCUT2D eigenvalue weighted by Crippen LogP contribution is 2.26. The van der Waals surface area contributed by atoms with Crippen LogP contribution in [0.25, 0.3) is 10.9 Å². The Morgan fingerprint density at radius 3 is 2.90 bits per heavy atom. The van der Waals surface area contributed by atoms with Crippen LogP contribution in [0.4, 0.5) is 10.1 Å². The van der Waals surface area contributed by atoms with Crippen LogP contribution in [0.3, 0.4) is 0 Å². The summed E-state index contributed by atoms with van der Waals surface area (Å²) in [6.45, 7) is 3.97. The minimum atomic E-state index is -1.09. The Bertz CT molecular complexity index is 934. The molecule has 2 aromatic rings. The number of nitrogens with one attached hydrogen (secondary N) is 1. The van der Waals surface area contributed by atoms with Gasteiger partial charge in [-0.1, -0.05) is 18.2 Å². The number of likely N-dealkylation sites (tertiary alicyclic amines) is 2. The van der Waals surface area contributed by atoms with Gasteiger partial charge in [-0.3, -0.25) is 14.7 Å². The Hall–Kier alpha value is -2.72. The van der Waals surface area contributed by atoms with Crippen molar-refractivity contribution in [2.75, 3.05) is 31.5 Å². The average molecular weight is 395 g/mol. The third kappa shape index (κ3) is 4.18. The lowest BCUT2D eigenvalue weighted by Gasteiger charge is -2.33. The number of para-hydroxylation sites is 1. The summed E-state index contributed by atoms with van der Waals surface area (Å²) in [7, 11) is 0. The van der Waals surface area contributed by atoms with Gasteiger partial charge in [0.1, 0.15) is 12.2 Å². The van der Waals surface area contributed by atoms with Crippen molar-refractivity contribution in [3.63, 3.8) is 0 Å². The second-order valence-electron chi connectivity index (χ2n) is 8.05. The third-order valence-corrected chi connectivity index (χ3v) is 6.00. The van der Waals surface area contributed by atoms with Crippen molar-refractivity contribution in [2.45, 2.75) is 44.4 Å². The molecule has 0 radical (unpaired) electrons. The SMILES string of the molecule is Cc1cccc2c(NC3CCN(CC(=O)N4C[C@@H](F)C[C@H]4C#N)CC3)ccnc12. The van der Waals surface area contributed by atoms with Crippen LogP contribution in [0.15, 0.2) is 30.5 Å². The number of nitriles is 1. The molecule has 2 saturated heterocycles. The molecular weight excluding hydrogens is 369 g/mol. The molecule has 0 unspecified atom stereocenters. The van der Waals surface area contributed by atoms with E-state index in [0.29, 0.717) is 6.04 Å². The van der Waals surface area contributed by atoms with Gasteiger partial charge >= 0.3 is 0 Å². The number of amides is 1. The molecular formula is C22H26FN5O. The number of aryl methyl sites for hydroxylation is 1. The van der Waals surface area contributed by atoms with E-state index in [9.17, 15) is 9.18 Å². The predicted octanol–water partition coefficient (Wildman–Crippen LogP) is 2.88. The zero-order valence-electron chi connectivity index (χ0n) is 16.6. The number of rotatable bonds is 4. The molecule has 4 rings (SSSR count). The van der Waals surface area contributed by atoms with Crippen molar-refractivity contribution in [3.05, 3.63) is 36.0 Å². The van der Waals surface area contributed by atoms with Crippen molar-refractivity contribution >= 4 is 22.5 Å². The van der Waals surface area contributed by atoms with Crippen LogP contribution in [0.5, 0.6) is 0 Å². The highest BCUT2D eigenvalue weighted by atomic mass is 19.1. The fraction of sp³-hybridized carbons (Fsp3) is 0.500. The minimum absolute atomic E-state index is 0.0453. The number of nitrogens with zero attached hydrogens (tertiary/aromatic N) is 4. The zero-order chi connectivity index (χ0) is 20.4. The lowest BCUT2D eigenvalue weighted by atomic mass is 10.0. The first-order valence-electron chi connectivity index (χ1n) is 10.2. The third-order valence-electron chi connectivity index (χ3n) is 6.00. The Labute approximate surface area is 170 Å². The Morgan fingerprint density at radius 2 is 2.14 bits per heavy atom. The van der Waals surface area contributed by atoms with Gasteiger partial charge in [0.15, 0.2) is 0 Å². The van der Waals surface area contributed by atoms with E-state index in [2.05, 4.69) is 34.3 Å². The second kappa shape index (κ2) is 8.34. The molecule has 2 fully saturated rings. The van der Waals surface area contributed by atoms with Gasteiger partial charge in [0, 0.05) is 42.8 Å². The number of hydrogen-bond donors (Lipinski definition) is 1. The maximum Gasteiger partial charge on any atom is 0.237 e. The van der Waals surface area contributed by atoms with Crippen molar-refractivity contribution in [1.29, 1.82) is 5.26 Å². The summed E-state index contributed by atoms with van der Waals surface area (Å²) in [4.78, 5) is 20.5. The van der Waals surface area contributed by atoms with Crippen LogP contribution in [-0.2, 0) is 4.79 Å². The zero-order valence-corrected chi connectivity index (χ0v) is 16.6. The van der Waals surface area contributed by atoms with E-state index in [1.54, 1.807) is 0 Å². The first-order chi connectivity index (χ1) is 14.0. The van der Waals surface area contributed by atoms with Crippen molar-refractivity contribution in [3.8, 4) is 6.07 Å². The number of alkyl halides is 1. The molecule has 29 heavy (non-hydrogen) atoms. The number of piperidine rings is 1. The number of benzene rings is 1. The smallest absolute Gasteiger partial charge is 0.237 e. The van der Waals surface area contributed by atoms with E-state index in [1.807, 2.05) is 24.4 Å². The number of fused-ring (bicyclic) bond motifs is 1. The van der Waals surface area contributed by atoms with Crippen molar-refractivity contribution in [1.82, 2.24) is 14.8 Å². The monoisotopic (exact) mass is 395 g/mol. The number of halogens is 1. The number of anilines is 1. The Morgan fingerprint density at radius 1 is 1.34 bits per heavy atom. The van der Waals surface area contributed by atoms with E-state index in [4.69, 9.17) is 5.26 Å². The van der Waals surface area contributed by atoms with Gasteiger partial charge in [-0.25, -0.2) is 4.39 Å². The number of hydrogen-bond acceptors (Lipinski definition) is 5. The lowest BCUT2D eigenvalue weighted by Crippen LogP contribution is -2.46. The van der Waals surface area contributed by atoms with Gasteiger partial charge in [0.2, 0.25) is 5.91 Å². The Kier molecular flexibility index (Phi) is 5.63. The molecule has 1 aromatic heterocycles. The van der Waals surface area contributed by atoms with E-state index in [1.165, 1.54) is 4.90 Å². The first kappa shape index (κ1) is 19.6. The van der Waals surface area contributed by atoms with Gasteiger partial charge < -0.3 is 10.2 Å². The molecule has 0 spiro atoms. The molecule has 152 valence electrons. The summed E-state index contributed by atoms with van der Waals surface area (Å²) >= 11 is 0. The summed E-state index contributed by atoms with van der Waals surface area (Å²) in [5, 5.41) is 13.9. The van der Waals surface area contributed by atoms with Gasteiger partial charge in [-0.2, -0.15) is 5.26 Å². The van der Waals surface area contributed by atoms with Crippen molar-refractivity contribution in [2.24, 2.45) is 0 Å². The summed E-state index contributed by atoms with van der Waals surface area (Å²) in [5.41, 5.74) is 3.27. The molecule has 2 atom stereocenters. The highest BCUT2D eigenvalue weighted by Gasteiger charge is 2.36. The van der Waals surface area contributed by atoms with Gasteiger partial charge in [0.05, 0.1) is 24.7 Å². The molecule has 1 N–H and O–H groups in total. The summed E-state index contributed by atoms with van der Waals surface area (Å²) in [6, 6.07) is 9.98. The van der Waals surface area contributed by atoms with Crippen LogP contribution in [-0.4, -0.2) is 65.1 Å². The quantitative estimate of drug-likeness (QED) is 0.862. The van der Waals surface area contributed by atoms with Crippen LogP contribution >= 0.6 is 0 Å². The summed E-state index contributed by atoms with van der Waals surface area (Å²) < 4.78 is 13.6. The summed E-state index contributed by atoms with van der Waals surface area (Å²) in [5.74, 6) is -0.140. The molecule has 1 amide bonds. The number of pyridine rings is 1. The van der Waals surface area contributed by atoms with Crippen LogP contribution in [0.1, 0.15) is 24.8 Å². The van der Waals surface area contributed by atoms with Crippen LogP contribution in [0, 0.1) is 18.3 Å². The largest absolute Gasteiger partial charge is 0.382 e. The van der Waals surface area contributed by atoms with Gasteiger partial charge in [-0.05, 0) is 31.4 Å². The molecule has 1 aromatic carbocycles. The fourth-order valence-electron chi connectivity index (χ4n) is 4.37. The molecule has 6 nitrogen and oxygen atoms in total. The molecule has 0 bridgehead atoms. The van der Waals surface area contributed by atoms with Crippen LogP contribution < -0.4 is 5.32 Å². The average Bonchev–Trinajstić information content (AvgIpc) is 3.11. The van der Waals surface area contributed by atoms with E-state index in [-0.39, 0.29) is 25.4 Å². The fourth-order valence-corrected chi connectivity index (χ4v) is 4.37. The topological polar surface area (TPSA) is 72.3 Å². The molecule has 7 heteroatoms. The summed E-state index contributed by atoms with van der Waals surface area (Å²) in [6.07, 6.45) is 2.74. The maximum absolute atomic E-state index is 13.6. The van der Waals surface area contributed by atoms with E-state index >= 15 is 0 Å². The van der Waals surface area contributed by atoms with E-state index < -0.39 is 12.2 Å². The molecule has 0 aliphatic carbocycles. The number of carbonyl (C=O) groups excluding carboxylic acids is 1. The predicted molar refractivity (Wildman–Crippen MR) is 110 cm³/mol. The van der Waals surface area contributed by atoms with Gasteiger partial charge in [0.25, 0.3) is 0 Å². The standard InChI is InChI=1S/C22H26FN5O/c1-15-3-2-4-19-20(5-8-25-22(15)19)26-17-6-9-27(10-7-17)14-21(29)28-13-16(23)11-18(28)12-24/h2-5,8,16-18H,6-7,9-11,13-14H2,1H3,(H,25,26)/t16-,18-/m0/s1. The molecule has 0 saturated carbocycles. The van der Waals surface area contributed by atoms with Crippen molar-refractivity contribution < 1.29 is 9.18 Å². The lowest BCUT2D eigenvalue weighted by molar-refractivity contribution is -0.132. The molecule has 2 aliphatic rings. The highest BCUT2D eigenvalue weighted by molar-refractivity contribution is 5.92. The van der Waals surface area contributed by atoms with E-state index in [0.717, 1.165) is 48.1 Å². The van der Waals surface area contributed by atoms with Crippen LogP contribution in [0.2, 0.25) is 0 Å². The normalized spacial score (nSPS) is 23.3. The first-order valence-corrected chi connectivity index (χ1v) is 10.2. The number of aromatic nitrogens is 1. The number of carbonyl (C=O) groups is 1. The molecule has 2 aliphatic heterocycles.